The van der Waals surface area contributed by atoms with Gasteiger partial charge in [0.15, 0.2) is 0 Å². The van der Waals surface area contributed by atoms with Crippen LogP contribution in [0.1, 0.15) is 38.5 Å². The first-order valence-corrected chi connectivity index (χ1v) is 10.8. The summed E-state index contributed by atoms with van der Waals surface area (Å²) in [6.07, 6.45) is 3.75. The summed E-state index contributed by atoms with van der Waals surface area (Å²) >= 11 is 0. The van der Waals surface area contributed by atoms with Crippen LogP contribution in [-0.2, 0) is 6.54 Å². The molecule has 32 heavy (non-hydrogen) atoms. The molecule has 0 radical (unpaired) electrons. The highest BCUT2D eigenvalue weighted by Crippen LogP contribution is 2.32. The van der Waals surface area contributed by atoms with Crippen molar-refractivity contribution in [2.24, 2.45) is 5.92 Å². The van der Waals surface area contributed by atoms with E-state index >= 15 is 0 Å². The Bertz CT molecular complexity index is 1020. The topological polar surface area (TPSA) is 55.6 Å². The van der Waals surface area contributed by atoms with Crippen molar-refractivity contribution in [3.05, 3.63) is 48.7 Å². The van der Waals surface area contributed by atoms with Crippen LogP contribution in [0.5, 0.6) is 0 Å². The number of rotatable bonds is 7. The number of aromatic nitrogens is 4. The Morgan fingerprint density at radius 1 is 1.00 bits per heavy atom. The molecule has 0 atom stereocenters. The number of benzene rings is 1. The van der Waals surface area contributed by atoms with Gasteiger partial charge in [-0.15, -0.1) is 0 Å². The first-order valence-electron chi connectivity index (χ1n) is 10.8. The lowest BCUT2D eigenvalue weighted by Crippen LogP contribution is -2.18. The highest BCUT2D eigenvalue weighted by molar-refractivity contribution is 5.77. The minimum Gasteiger partial charge on any atom is -0.354 e. The van der Waals surface area contributed by atoms with E-state index < -0.39 is 18.4 Å². The zero-order valence-corrected chi connectivity index (χ0v) is 17.6. The zero-order valence-electron chi connectivity index (χ0n) is 17.6. The van der Waals surface area contributed by atoms with E-state index in [-0.39, 0.29) is 6.54 Å². The van der Waals surface area contributed by atoms with E-state index in [4.69, 9.17) is 0 Å². The molecule has 1 saturated carbocycles. The van der Waals surface area contributed by atoms with Crippen LogP contribution in [-0.4, -0.2) is 32.2 Å². The minimum atomic E-state index is -4.30. The normalized spacial score (nSPS) is 15.1. The Labute approximate surface area is 183 Å². The summed E-state index contributed by atoms with van der Waals surface area (Å²) in [5.41, 5.74) is 1.96. The molecular formula is C23H25F4N5. The highest BCUT2D eigenvalue weighted by Gasteiger charge is 2.28. The number of aryl methyl sites for hydroxylation is 1. The summed E-state index contributed by atoms with van der Waals surface area (Å²) in [4.78, 5) is 13.2. The van der Waals surface area contributed by atoms with Crippen LogP contribution in [0.3, 0.4) is 0 Å². The smallest absolute Gasteiger partial charge is 0.354 e. The van der Waals surface area contributed by atoms with Crippen molar-refractivity contribution in [3.8, 4) is 22.6 Å². The number of nitrogens with one attached hydrogen (secondary N) is 1. The largest absolute Gasteiger partial charge is 0.390 e. The molecule has 0 aliphatic heterocycles. The lowest BCUT2D eigenvalue weighted by Gasteiger charge is -2.21. The fourth-order valence-corrected chi connectivity index (χ4v) is 4.09. The van der Waals surface area contributed by atoms with Crippen molar-refractivity contribution in [1.29, 1.82) is 0 Å². The predicted molar refractivity (Wildman–Crippen MR) is 114 cm³/mol. The van der Waals surface area contributed by atoms with Gasteiger partial charge in [0, 0.05) is 24.8 Å². The van der Waals surface area contributed by atoms with Gasteiger partial charge >= 0.3 is 6.18 Å². The fraction of sp³-hybridized carbons (Fsp3) is 0.435. The summed E-state index contributed by atoms with van der Waals surface area (Å²) in [7, 11) is 0. The van der Waals surface area contributed by atoms with E-state index in [2.05, 4.69) is 20.3 Å². The van der Waals surface area contributed by atoms with Crippen molar-refractivity contribution in [1.82, 2.24) is 19.5 Å². The third kappa shape index (κ3) is 5.63. The average Bonchev–Trinajstić information content (AvgIpc) is 3.21. The molecule has 0 amide bonds. The van der Waals surface area contributed by atoms with Crippen LogP contribution in [0, 0.1) is 11.7 Å². The van der Waals surface area contributed by atoms with Gasteiger partial charge in [-0.05, 0) is 49.1 Å². The van der Waals surface area contributed by atoms with E-state index in [1.165, 1.54) is 55.1 Å². The standard InChI is InChI=1S/C23H25F4N5/c24-18-8-6-17(7-9-18)20-21(32(15-30-20)13-11-23(25,26)27)19-10-12-28-22(31-19)29-14-16-4-2-1-3-5-16/h6-10,12,15-16H,1-5,11,13-14H2,(H,28,29,31). The second-order valence-electron chi connectivity index (χ2n) is 8.16. The Balaban J connectivity index is 1.64. The monoisotopic (exact) mass is 447 g/mol. The van der Waals surface area contributed by atoms with Crippen LogP contribution in [0.15, 0.2) is 42.9 Å². The number of alkyl halides is 3. The fourth-order valence-electron chi connectivity index (χ4n) is 4.09. The number of imidazole rings is 1. The van der Waals surface area contributed by atoms with E-state index in [1.807, 2.05) is 0 Å². The van der Waals surface area contributed by atoms with Gasteiger partial charge in [0.1, 0.15) is 5.82 Å². The molecule has 3 aromatic rings. The molecular weight excluding hydrogens is 422 g/mol. The lowest BCUT2D eigenvalue weighted by molar-refractivity contribution is -0.136. The maximum atomic E-state index is 13.4. The van der Waals surface area contributed by atoms with Crippen LogP contribution in [0.2, 0.25) is 0 Å². The summed E-state index contributed by atoms with van der Waals surface area (Å²) in [5, 5.41) is 3.28. The maximum absolute atomic E-state index is 13.4. The Morgan fingerprint density at radius 2 is 1.75 bits per heavy atom. The molecule has 0 saturated heterocycles. The summed E-state index contributed by atoms with van der Waals surface area (Å²) in [6, 6.07) is 7.35. The van der Waals surface area contributed by atoms with E-state index in [0.29, 0.717) is 34.5 Å². The van der Waals surface area contributed by atoms with Crippen LogP contribution in [0.4, 0.5) is 23.5 Å². The van der Waals surface area contributed by atoms with E-state index in [0.717, 1.165) is 6.54 Å². The molecule has 170 valence electrons. The van der Waals surface area contributed by atoms with Crippen LogP contribution < -0.4 is 5.32 Å². The van der Waals surface area contributed by atoms with Crippen LogP contribution in [0.25, 0.3) is 22.6 Å². The van der Waals surface area contributed by atoms with Gasteiger partial charge in [0.05, 0.1) is 29.8 Å². The van der Waals surface area contributed by atoms with Gasteiger partial charge in [-0.1, -0.05) is 19.3 Å². The van der Waals surface area contributed by atoms with Gasteiger partial charge in [-0.2, -0.15) is 13.2 Å². The molecule has 4 rings (SSSR count). The van der Waals surface area contributed by atoms with Crippen molar-refractivity contribution < 1.29 is 17.6 Å². The summed E-state index contributed by atoms with van der Waals surface area (Å²) < 4.78 is 53.5. The number of nitrogens with zero attached hydrogens (tertiary/aromatic N) is 4. The number of hydrogen-bond acceptors (Lipinski definition) is 4. The molecule has 5 nitrogen and oxygen atoms in total. The molecule has 0 spiro atoms. The SMILES string of the molecule is Fc1ccc(-c2ncn(CCC(F)(F)F)c2-c2ccnc(NCC3CCCCC3)n2)cc1. The molecule has 1 aromatic carbocycles. The van der Waals surface area contributed by atoms with Crippen molar-refractivity contribution in [2.45, 2.75) is 51.2 Å². The first-order chi connectivity index (χ1) is 15.4. The molecule has 2 heterocycles. The summed E-state index contributed by atoms with van der Waals surface area (Å²) in [5.74, 6) is 0.604. The maximum Gasteiger partial charge on any atom is 0.390 e. The minimum absolute atomic E-state index is 0.290. The third-order valence-corrected chi connectivity index (χ3v) is 5.76. The van der Waals surface area contributed by atoms with Gasteiger partial charge in [-0.25, -0.2) is 19.3 Å². The van der Waals surface area contributed by atoms with Crippen molar-refractivity contribution in [3.63, 3.8) is 0 Å². The van der Waals surface area contributed by atoms with Gasteiger partial charge in [0.2, 0.25) is 5.95 Å². The molecule has 1 N–H and O–H groups in total. The van der Waals surface area contributed by atoms with Crippen molar-refractivity contribution >= 4 is 5.95 Å². The van der Waals surface area contributed by atoms with Gasteiger partial charge in [0.25, 0.3) is 0 Å². The van der Waals surface area contributed by atoms with Gasteiger partial charge in [-0.3, -0.25) is 0 Å². The number of halogens is 4. The third-order valence-electron chi connectivity index (χ3n) is 5.76. The predicted octanol–water partition coefficient (Wildman–Crippen LogP) is 6.09. The number of anilines is 1. The molecule has 0 bridgehead atoms. The average molecular weight is 447 g/mol. The Kier molecular flexibility index (Phi) is 6.72. The molecule has 0 unspecified atom stereocenters. The molecule has 2 aromatic heterocycles. The molecule has 1 aliphatic rings. The highest BCUT2D eigenvalue weighted by atomic mass is 19.4. The molecule has 1 fully saturated rings. The lowest BCUT2D eigenvalue weighted by atomic mass is 9.89. The number of hydrogen-bond donors (Lipinski definition) is 1. The second kappa shape index (κ2) is 9.67. The molecule has 9 heteroatoms. The quantitative estimate of drug-likeness (QED) is 0.445. The Hall–Kier alpha value is -2.97. The van der Waals surface area contributed by atoms with Crippen molar-refractivity contribution in [2.75, 3.05) is 11.9 Å². The van der Waals surface area contributed by atoms with Crippen LogP contribution >= 0.6 is 0 Å². The first kappa shape index (κ1) is 22.2. The second-order valence-corrected chi connectivity index (χ2v) is 8.16. The van der Waals surface area contributed by atoms with Gasteiger partial charge < -0.3 is 9.88 Å². The molecule has 1 aliphatic carbocycles. The van der Waals surface area contributed by atoms with E-state index in [9.17, 15) is 17.6 Å². The zero-order chi connectivity index (χ0) is 22.6. The summed E-state index contributed by atoms with van der Waals surface area (Å²) in [6.45, 7) is 0.476. The Morgan fingerprint density at radius 3 is 2.47 bits per heavy atom. The van der Waals surface area contributed by atoms with E-state index in [1.54, 1.807) is 24.4 Å².